The van der Waals surface area contributed by atoms with Crippen molar-refractivity contribution < 1.29 is 0 Å². The van der Waals surface area contributed by atoms with Gasteiger partial charge in [0.2, 0.25) is 0 Å². The summed E-state index contributed by atoms with van der Waals surface area (Å²) in [7, 11) is 0. The smallest absolute Gasteiger partial charge is 0.0568 e. The van der Waals surface area contributed by atoms with Crippen molar-refractivity contribution >= 4 is 33.2 Å². The van der Waals surface area contributed by atoms with Crippen LogP contribution >= 0.6 is 27.5 Å². The van der Waals surface area contributed by atoms with Crippen LogP contribution in [0.15, 0.2) is 22.7 Å². The van der Waals surface area contributed by atoms with Gasteiger partial charge in [0.25, 0.3) is 0 Å². The monoisotopic (exact) mass is 262 g/mol. The summed E-state index contributed by atoms with van der Waals surface area (Å²) in [5.41, 5.74) is 6.47. The Labute approximate surface area is 91.6 Å². The number of nitrogens with one attached hydrogen (secondary N) is 1. The molecule has 0 bridgehead atoms. The fourth-order valence-corrected chi connectivity index (χ4v) is 1.36. The first-order valence-electron chi connectivity index (χ1n) is 4.05. The first kappa shape index (κ1) is 10.8. The van der Waals surface area contributed by atoms with Gasteiger partial charge in [0.1, 0.15) is 0 Å². The fourth-order valence-electron chi connectivity index (χ4n) is 0.929. The zero-order valence-corrected chi connectivity index (χ0v) is 9.69. The second-order valence-electron chi connectivity index (χ2n) is 2.91. The average Bonchev–Trinajstić information content (AvgIpc) is 2.11. The van der Waals surface area contributed by atoms with E-state index in [1.807, 2.05) is 25.1 Å². The molecule has 1 unspecified atom stereocenters. The predicted octanol–water partition coefficient (Wildman–Crippen LogP) is 2.86. The van der Waals surface area contributed by atoms with Crippen LogP contribution in [0.2, 0.25) is 5.02 Å². The summed E-state index contributed by atoms with van der Waals surface area (Å²) in [4.78, 5) is 0. The molecule has 1 aromatic rings. The predicted molar refractivity (Wildman–Crippen MR) is 61.3 cm³/mol. The molecule has 0 heterocycles. The van der Waals surface area contributed by atoms with Gasteiger partial charge in [-0.05, 0) is 41.1 Å². The third-order valence-corrected chi connectivity index (χ3v) is 2.92. The maximum atomic E-state index is 5.92. The molecule has 0 saturated carbocycles. The van der Waals surface area contributed by atoms with Gasteiger partial charge in [-0.3, -0.25) is 0 Å². The Hall–Kier alpha value is -0.250. The van der Waals surface area contributed by atoms with Crippen molar-refractivity contribution in [3.63, 3.8) is 0 Å². The van der Waals surface area contributed by atoms with Crippen LogP contribution in [0.5, 0.6) is 0 Å². The van der Waals surface area contributed by atoms with E-state index in [9.17, 15) is 0 Å². The van der Waals surface area contributed by atoms with Gasteiger partial charge in [0.15, 0.2) is 0 Å². The van der Waals surface area contributed by atoms with Crippen molar-refractivity contribution in [1.82, 2.24) is 0 Å². The van der Waals surface area contributed by atoms with Gasteiger partial charge < -0.3 is 11.1 Å². The van der Waals surface area contributed by atoms with E-state index in [1.54, 1.807) is 0 Å². The summed E-state index contributed by atoms with van der Waals surface area (Å²) in [5.74, 6) is 0. The van der Waals surface area contributed by atoms with Crippen LogP contribution in [0.4, 0.5) is 5.69 Å². The molecular weight excluding hydrogens is 251 g/mol. The quantitative estimate of drug-likeness (QED) is 0.880. The van der Waals surface area contributed by atoms with Crippen LogP contribution in [0.1, 0.15) is 6.92 Å². The number of nitrogens with two attached hydrogens (primary N) is 1. The van der Waals surface area contributed by atoms with E-state index in [0.29, 0.717) is 11.6 Å². The van der Waals surface area contributed by atoms with Crippen LogP contribution < -0.4 is 11.1 Å². The molecule has 0 aromatic heterocycles. The summed E-state index contributed by atoms with van der Waals surface area (Å²) >= 11 is 9.25. The average molecular weight is 264 g/mol. The van der Waals surface area contributed by atoms with E-state index >= 15 is 0 Å². The Morgan fingerprint density at radius 3 is 2.85 bits per heavy atom. The minimum absolute atomic E-state index is 0.261. The largest absolute Gasteiger partial charge is 0.381 e. The lowest BCUT2D eigenvalue weighted by molar-refractivity contribution is 0.804. The zero-order chi connectivity index (χ0) is 9.84. The van der Waals surface area contributed by atoms with E-state index in [-0.39, 0.29) is 6.04 Å². The molecule has 0 amide bonds. The number of hydrogen-bond acceptors (Lipinski definition) is 2. The minimum Gasteiger partial charge on any atom is -0.381 e. The maximum Gasteiger partial charge on any atom is 0.0568 e. The Balaban J connectivity index is 2.73. The lowest BCUT2D eigenvalue weighted by Gasteiger charge is -2.13. The molecule has 0 spiro atoms. The summed E-state index contributed by atoms with van der Waals surface area (Å²) in [6.45, 7) is 2.63. The van der Waals surface area contributed by atoms with Crippen LogP contribution in [0, 0.1) is 0 Å². The number of halogens is 2. The van der Waals surface area contributed by atoms with Crippen LogP contribution in [-0.4, -0.2) is 12.6 Å². The topological polar surface area (TPSA) is 38.0 Å². The van der Waals surface area contributed by atoms with Gasteiger partial charge in [-0.1, -0.05) is 11.6 Å². The number of anilines is 1. The van der Waals surface area contributed by atoms with E-state index in [1.165, 1.54) is 0 Å². The summed E-state index contributed by atoms with van der Waals surface area (Å²) in [6.07, 6.45) is 0. The minimum atomic E-state index is 0.261. The molecule has 72 valence electrons. The van der Waals surface area contributed by atoms with E-state index < -0.39 is 0 Å². The highest BCUT2D eigenvalue weighted by Gasteiger charge is 2.01. The number of rotatable bonds is 3. The van der Waals surface area contributed by atoms with E-state index in [2.05, 4.69) is 21.2 Å². The Kier molecular flexibility index (Phi) is 4.03. The number of benzene rings is 1. The second kappa shape index (κ2) is 4.84. The SMILES string of the molecule is CC(CN)Nc1ccc(Br)c(Cl)c1. The van der Waals surface area contributed by atoms with E-state index in [0.717, 1.165) is 10.2 Å². The molecule has 1 rings (SSSR count). The van der Waals surface area contributed by atoms with Gasteiger partial charge in [0, 0.05) is 22.7 Å². The highest BCUT2D eigenvalue weighted by molar-refractivity contribution is 9.10. The molecule has 0 aliphatic rings. The van der Waals surface area contributed by atoms with Crippen molar-refractivity contribution in [2.45, 2.75) is 13.0 Å². The van der Waals surface area contributed by atoms with Crippen molar-refractivity contribution in [3.8, 4) is 0 Å². The Morgan fingerprint density at radius 1 is 1.62 bits per heavy atom. The Bertz CT molecular complexity index is 291. The highest BCUT2D eigenvalue weighted by atomic mass is 79.9. The van der Waals surface area contributed by atoms with Crippen LogP contribution in [0.25, 0.3) is 0 Å². The van der Waals surface area contributed by atoms with E-state index in [4.69, 9.17) is 17.3 Å². The molecule has 1 aromatic carbocycles. The van der Waals surface area contributed by atoms with Crippen molar-refractivity contribution in [1.29, 1.82) is 0 Å². The van der Waals surface area contributed by atoms with Crippen molar-refractivity contribution in [2.24, 2.45) is 5.73 Å². The molecule has 0 aliphatic heterocycles. The van der Waals surface area contributed by atoms with Gasteiger partial charge >= 0.3 is 0 Å². The standard InChI is InChI=1S/C9H12BrClN2/c1-6(5-12)13-7-2-3-8(10)9(11)4-7/h2-4,6,13H,5,12H2,1H3. The molecule has 0 radical (unpaired) electrons. The van der Waals surface area contributed by atoms with Crippen molar-refractivity contribution in [2.75, 3.05) is 11.9 Å². The van der Waals surface area contributed by atoms with Crippen LogP contribution in [0.3, 0.4) is 0 Å². The third kappa shape index (κ3) is 3.18. The van der Waals surface area contributed by atoms with Gasteiger partial charge in [-0.25, -0.2) is 0 Å². The summed E-state index contributed by atoms with van der Waals surface area (Å²) in [6, 6.07) is 6.01. The van der Waals surface area contributed by atoms with Gasteiger partial charge in [-0.15, -0.1) is 0 Å². The molecule has 3 N–H and O–H groups in total. The summed E-state index contributed by atoms with van der Waals surface area (Å²) in [5, 5.41) is 3.93. The molecular formula is C9H12BrClN2. The van der Waals surface area contributed by atoms with Gasteiger partial charge in [-0.2, -0.15) is 0 Å². The van der Waals surface area contributed by atoms with Gasteiger partial charge in [0.05, 0.1) is 5.02 Å². The molecule has 13 heavy (non-hydrogen) atoms. The maximum absolute atomic E-state index is 5.92. The molecule has 0 saturated heterocycles. The fraction of sp³-hybridized carbons (Fsp3) is 0.333. The molecule has 2 nitrogen and oxygen atoms in total. The second-order valence-corrected chi connectivity index (χ2v) is 4.17. The lowest BCUT2D eigenvalue weighted by atomic mass is 10.2. The first-order valence-corrected chi connectivity index (χ1v) is 5.22. The Morgan fingerprint density at radius 2 is 2.31 bits per heavy atom. The first-order chi connectivity index (χ1) is 6.13. The lowest BCUT2D eigenvalue weighted by Crippen LogP contribution is -2.25. The molecule has 0 fully saturated rings. The summed E-state index contributed by atoms with van der Waals surface area (Å²) < 4.78 is 0.903. The third-order valence-electron chi connectivity index (χ3n) is 1.69. The molecule has 0 aliphatic carbocycles. The van der Waals surface area contributed by atoms with Crippen LogP contribution in [-0.2, 0) is 0 Å². The molecule has 4 heteroatoms. The van der Waals surface area contributed by atoms with Crippen molar-refractivity contribution in [3.05, 3.63) is 27.7 Å². The normalized spacial score (nSPS) is 12.6. The number of hydrogen-bond donors (Lipinski definition) is 2. The zero-order valence-electron chi connectivity index (χ0n) is 7.35. The highest BCUT2D eigenvalue weighted by Crippen LogP contribution is 2.25. The molecule has 1 atom stereocenters.